The maximum atomic E-state index is 11.3. The zero-order valence-corrected chi connectivity index (χ0v) is 13.2. The van der Waals surface area contributed by atoms with Gasteiger partial charge in [-0.2, -0.15) is 0 Å². The van der Waals surface area contributed by atoms with Crippen molar-refractivity contribution in [3.05, 3.63) is 40.9 Å². The number of thiazole rings is 1. The molecule has 0 saturated heterocycles. The second-order valence-electron chi connectivity index (χ2n) is 4.63. The number of aromatic nitrogens is 1. The lowest BCUT2D eigenvalue weighted by atomic mass is 10.1. The van der Waals surface area contributed by atoms with Gasteiger partial charge in [0.25, 0.3) is 0 Å². The van der Waals surface area contributed by atoms with Crippen molar-refractivity contribution in [2.24, 2.45) is 0 Å². The molecule has 1 N–H and O–H groups in total. The first-order chi connectivity index (χ1) is 10.2. The van der Waals surface area contributed by atoms with Crippen LogP contribution in [0.25, 0.3) is 0 Å². The quantitative estimate of drug-likeness (QED) is 0.787. The molecule has 0 radical (unpaired) electrons. The molecule has 0 atom stereocenters. The maximum absolute atomic E-state index is 11.3. The average molecular weight is 304 g/mol. The highest BCUT2D eigenvalue weighted by molar-refractivity contribution is 7.13. The topological polar surface area (TPSA) is 51.2 Å². The van der Waals surface area contributed by atoms with Gasteiger partial charge >= 0.3 is 5.97 Å². The molecule has 5 heteroatoms. The summed E-state index contributed by atoms with van der Waals surface area (Å²) in [6.07, 6.45) is 2.01. The van der Waals surface area contributed by atoms with Gasteiger partial charge in [0.2, 0.25) is 0 Å². The fourth-order valence-electron chi connectivity index (χ4n) is 1.93. The van der Waals surface area contributed by atoms with Crippen LogP contribution in [0.1, 0.15) is 31.5 Å². The minimum absolute atomic E-state index is 0.171. The van der Waals surface area contributed by atoms with Gasteiger partial charge in [-0.3, -0.25) is 4.79 Å². The fraction of sp³-hybridized carbons (Fsp3) is 0.375. The molecule has 4 nitrogen and oxygen atoms in total. The zero-order valence-electron chi connectivity index (χ0n) is 12.4. The van der Waals surface area contributed by atoms with Gasteiger partial charge in [0.1, 0.15) is 0 Å². The maximum Gasteiger partial charge on any atom is 0.306 e. The molecule has 0 spiro atoms. The normalized spacial score (nSPS) is 10.4. The molecule has 0 aliphatic rings. The van der Waals surface area contributed by atoms with Crippen molar-refractivity contribution in [2.45, 2.75) is 33.1 Å². The average Bonchev–Trinajstić information content (AvgIpc) is 2.93. The molecule has 2 aromatic rings. The Balaban J connectivity index is 1.92. The molecule has 1 aromatic heterocycles. The van der Waals surface area contributed by atoms with Crippen molar-refractivity contribution in [1.29, 1.82) is 0 Å². The van der Waals surface area contributed by atoms with E-state index >= 15 is 0 Å². The van der Waals surface area contributed by atoms with E-state index in [-0.39, 0.29) is 5.97 Å². The number of aryl methyl sites for hydroxylation is 2. The summed E-state index contributed by atoms with van der Waals surface area (Å²) < 4.78 is 4.91. The van der Waals surface area contributed by atoms with Crippen LogP contribution >= 0.6 is 11.3 Å². The molecule has 1 aromatic carbocycles. The Morgan fingerprint density at radius 3 is 3.00 bits per heavy atom. The highest BCUT2D eigenvalue weighted by Crippen LogP contribution is 2.22. The third-order valence-electron chi connectivity index (χ3n) is 3.03. The molecule has 0 fully saturated rings. The Morgan fingerprint density at radius 1 is 1.38 bits per heavy atom. The van der Waals surface area contributed by atoms with Gasteiger partial charge < -0.3 is 10.1 Å². The highest BCUT2D eigenvalue weighted by Gasteiger charge is 2.06. The molecule has 0 unspecified atom stereocenters. The molecule has 0 amide bonds. The lowest BCUT2D eigenvalue weighted by molar-refractivity contribution is -0.143. The number of carbonyl (C=O) groups excluding carboxylic acids is 1. The van der Waals surface area contributed by atoms with Crippen LogP contribution in [0.4, 0.5) is 10.8 Å². The second kappa shape index (κ2) is 7.78. The van der Waals surface area contributed by atoms with Crippen molar-refractivity contribution in [3.63, 3.8) is 0 Å². The number of hydrogen-bond donors (Lipinski definition) is 1. The lowest BCUT2D eigenvalue weighted by Crippen LogP contribution is -2.05. The van der Waals surface area contributed by atoms with Crippen LogP contribution in [0.2, 0.25) is 0 Å². The smallest absolute Gasteiger partial charge is 0.306 e. The molecular formula is C16H20N2O2S. The van der Waals surface area contributed by atoms with Gasteiger partial charge in [0.15, 0.2) is 5.13 Å². The van der Waals surface area contributed by atoms with E-state index in [0.717, 1.165) is 22.9 Å². The number of nitrogens with one attached hydrogen (secondary N) is 1. The van der Waals surface area contributed by atoms with Crippen molar-refractivity contribution in [2.75, 3.05) is 11.9 Å². The predicted molar refractivity (Wildman–Crippen MR) is 86.2 cm³/mol. The third-order valence-corrected chi connectivity index (χ3v) is 3.84. The van der Waals surface area contributed by atoms with E-state index in [4.69, 9.17) is 4.74 Å². The number of esters is 1. The van der Waals surface area contributed by atoms with E-state index in [1.54, 1.807) is 11.3 Å². The van der Waals surface area contributed by atoms with E-state index in [2.05, 4.69) is 29.4 Å². The summed E-state index contributed by atoms with van der Waals surface area (Å²) in [6, 6.07) is 8.30. The van der Waals surface area contributed by atoms with Gasteiger partial charge in [0.05, 0.1) is 18.7 Å². The summed E-state index contributed by atoms with van der Waals surface area (Å²) >= 11 is 1.55. The molecule has 0 aliphatic carbocycles. The number of ether oxygens (including phenoxy) is 1. The molecule has 0 bridgehead atoms. The van der Waals surface area contributed by atoms with Gasteiger partial charge in [-0.25, -0.2) is 4.98 Å². The van der Waals surface area contributed by atoms with Crippen LogP contribution in [-0.4, -0.2) is 17.6 Å². The molecule has 21 heavy (non-hydrogen) atoms. The van der Waals surface area contributed by atoms with Crippen molar-refractivity contribution in [3.8, 4) is 0 Å². The lowest BCUT2D eigenvalue weighted by Gasteiger charge is -2.04. The Morgan fingerprint density at radius 2 is 2.24 bits per heavy atom. The minimum Gasteiger partial charge on any atom is -0.466 e. The summed E-state index contributed by atoms with van der Waals surface area (Å²) in [5, 5.41) is 6.13. The Labute approximate surface area is 129 Å². The Kier molecular flexibility index (Phi) is 5.75. The number of anilines is 2. The first kappa shape index (κ1) is 15.5. The van der Waals surface area contributed by atoms with Crippen molar-refractivity contribution in [1.82, 2.24) is 4.98 Å². The van der Waals surface area contributed by atoms with Crippen LogP contribution in [0.15, 0.2) is 29.6 Å². The molecular weight excluding hydrogens is 284 g/mol. The van der Waals surface area contributed by atoms with Crippen LogP contribution in [0.5, 0.6) is 0 Å². The number of nitrogens with zero attached hydrogens (tertiary/aromatic N) is 1. The SMILES string of the molecule is CCOC(=O)CCc1csc(Nc2cccc(CC)c2)n1. The number of benzene rings is 1. The second-order valence-corrected chi connectivity index (χ2v) is 5.49. The molecule has 1 heterocycles. The van der Waals surface area contributed by atoms with Crippen LogP contribution in [0, 0.1) is 0 Å². The summed E-state index contributed by atoms with van der Waals surface area (Å²) in [4.78, 5) is 15.8. The summed E-state index contributed by atoms with van der Waals surface area (Å²) in [5.41, 5.74) is 3.25. The first-order valence-corrected chi connectivity index (χ1v) is 8.05. The molecule has 112 valence electrons. The fourth-order valence-corrected chi connectivity index (χ4v) is 2.70. The van der Waals surface area contributed by atoms with Crippen LogP contribution < -0.4 is 5.32 Å². The molecule has 0 aliphatic heterocycles. The summed E-state index contributed by atoms with van der Waals surface area (Å²) in [5.74, 6) is -0.171. The van der Waals surface area contributed by atoms with E-state index < -0.39 is 0 Å². The number of rotatable bonds is 7. The van der Waals surface area contributed by atoms with Gasteiger partial charge in [-0.1, -0.05) is 19.1 Å². The standard InChI is InChI=1S/C16H20N2O2S/c1-3-12-6-5-7-13(10-12)17-16-18-14(11-21-16)8-9-15(19)20-4-2/h5-7,10-11H,3-4,8-9H2,1-2H3,(H,17,18). The Bertz CT molecular complexity index is 595. The van der Waals surface area contributed by atoms with E-state index in [1.807, 2.05) is 24.4 Å². The Hall–Kier alpha value is -1.88. The van der Waals surface area contributed by atoms with E-state index in [0.29, 0.717) is 19.4 Å². The first-order valence-electron chi connectivity index (χ1n) is 7.17. The number of carbonyl (C=O) groups is 1. The molecule has 2 rings (SSSR count). The highest BCUT2D eigenvalue weighted by atomic mass is 32.1. The minimum atomic E-state index is -0.171. The van der Waals surface area contributed by atoms with E-state index in [9.17, 15) is 4.79 Å². The third kappa shape index (κ3) is 4.86. The van der Waals surface area contributed by atoms with Gasteiger partial charge in [0, 0.05) is 17.5 Å². The van der Waals surface area contributed by atoms with Crippen molar-refractivity contribution >= 4 is 28.1 Å². The van der Waals surface area contributed by atoms with Gasteiger partial charge in [-0.15, -0.1) is 11.3 Å². The molecule has 0 saturated carbocycles. The zero-order chi connectivity index (χ0) is 15.1. The monoisotopic (exact) mass is 304 g/mol. The number of hydrogen-bond acceptors (Lipinski definition) is 5. The van der Waals surface area contributed by atoms with Crippen LogP contribution in [0.3, 0.4) is 0 Å². The predicted octanol–water partition coefficient (Wildman–Crippen LogP) is 3.94. The van der Waals surface area contributed by atoms with E-state index in [1.165, 1.54) is 5.56 Å². The van der Waals surface area contributed by atoms with Gasteiger partial charge in [-0.05, 0) is 31.0 Å². The summed E-state index contributed by atoms with van der Waals surface area (Å²) in [7, 11) is 0. The van der Waals surface area contributed by atoms with Crippen molar-refractivity contribution < 1.29 is 9.53 Å². The van der Waals surface area contributed by atoms with Crippen LogP contribution in [-0.2, 0) is 22.4 Å². The largest absolute Gasteiger partial charge is 0.466 e. The summed E-state index contributed by atoms with van der Waals surface area (Å²) in [6.45, 7) is 4.37.